The first-order chi connectivity index (χ1) is 18.6. The van der Waals surface area contributed by atoms with Crippen LogP contribution in [-0.4, -0.2) is 34.5 Å². The minimum absolute atomic E-state index is 0.0362. The first-order valence-corrected chi connectivity index (χ1v) is 12.6. The molecule has 4 rings (SSSR count). The summed E-state index contributed by atoms with van der Waals surface area (Å²) in [5, 5.41) is 8.75. The van der Waals surface area contributed by atoms with Crippen LogP contribution in [0.1, 0.15) is 61.4 Å². The van der Waals surface area contributed by atoms with Crippen LogP contribution in [0.4, 0.5) is 13.2 Å². The predicted molar refractivity (Wildman–Crippen MR) is 138 cm³/mol. The number of alkyl halides is 3. The standard InChI is InChI=1S/C30H30F3NO4/c31-30(32,33)26-10-5-4-9-25(26)21-13-15-22(16-14-21)29(37)34(24-17-18-24)20-23-8-3-6-11-27(23)38-19-7-1-2-12-28(35)36/h3-6,8-11,13-16,24H,1-2,7,12,17-20H2,(H,35,36)/i24D. The molecule has 200 valence electrons. The Labute approximate surface area is 221 Å². The number of carbonyl (C=O) groups excluding carboxylic acids is 1. The highest BCUT2D eigenvalue weighted by atomic mass is 19.4. The van der Waals surface area contributed by atoms with E-state index in [0.29, 0.717) is 49.2 Å². The summed E-state index contributed by atoms with van der Waals surface area (Å²) in [5.41, 5.74) is 0.672. The SMILES string of the molecule is [2H]C1(N(Cc2ccccc2OCCCCCC(=O)O)C(=O)c2ccc(-c3ccccc3C(F)(F)F)cc2)CC1. The second-order valence-corrected chi connectivity index (χ2v) is 9.24. The fourth-order valence-electron chi connectivity index (χ4n) is 4.27. The molecular formula is C30H30F3NO4. The number of para-hydroxylation sites is 1. The third-order valence-corrected chi connectivity index (χ3v) is 6.37. The lowest BCUT2D eigenvalue weighted by Crippen LogP contribution is -2.32. The number of ether oxygens (including phenoxy) is 1. The van der Waals surface area contributed by atoms with Gasteiger partial charge in [0.2, 0.25) is 0 Å². The lowest BCUT2D eigenvalue weighted by atomic mass is 9.98. The number of hydrogen-bond donors (Lipinski definition) is 1. The maximum Gasteiger partial charge on any atom is 0.417 e. The zero-order valence-corrected chi connectivity index (χ0v) is 20.8. The number of halogens is 3. The summed E-state index contributed by atoms with van der Waals surface area (Å²) < 4.78 is 55.1. The second-order valence-electron chi connectivity index (χ2n) is 9.24. The number of aliphatic carboxylic acids is 1. The molecule has 0 spiro atoms. The molecule has 0 unspecified atom stereocenters. The molecule has 0 aliphatic heterocycles. The molecule has 3 aromatic rings. The molecule has 0 atom stereocenters. The molecule has 0 radical (unpaired) electrons. The Morgan fingerprint density at radius 1 is 0.947 bits per heavy atom. The average Bonchev–Trinajstić information content (AvgIpc) is 3.67. The van der Waals surface area contributed by atoms with E-state index in [1.54, 1.807) is 6.07 Å². The van der Waals surface area contributed by atoms with E-state index >= 15 is 0 Å². The number of carbonyl (C=O) groups is 2. The lowest BCUT2D eigenvalue weighted by molar-refractivity contribution is -0.138. The molecule has 8 heteroatoms. The van der Waals surface area contributed by atoms with Gasteiger partial charge in [0, 0.05) is 30.1 Å². The molecule has 38 heavy (non-hydrogen) atoms. The molecule has 5 nitrogen and oxygen atoms in total. The third-order valence-electron chi connectivity index (χ3n) is 6.37. The Morgan fingerprint density at radius 3 is 2.32 bits per heavy atom. The van der Waals surface area contributed by atoms with Crippen LogP contribution in [0.15, 0.2) is 72.8 Å². The maximum absolute atomic E-state index is 13.5. The Morgan fingerprint density at radius 2 is 1.63 bits per heavy atom. The molecular weight excluding hydrogens is 495 g/mol. The van der Waals surface area contributed by atoms with Crippen molar-refractivity contribution in [2.24, 2.45) is 0 Å². The van der Waals surface area contributed by atoms with Crippen LogP contribution in [0.5, 0.6) is 5.75 Å². The first-order valence-electron chi connectivity index (χ1n) is 13.1. The van der Waals surface area contributed by atoms with Crippen LogP contribution in [-0.2, 0) is 17.5 Å². The molecule has 1 fully saturated rings. The molecule has 1 saturated carbocycles. The topological polar surface area (TPSA) is 66.8 Å². The van der Waals surface area contributed by atoms with E-state index in [1.165, 1.54) is 47.4 Å². The van der Waals surface area contributed by atoms with Crippen molar-refractivity contribution in [2.75, 3.05) is 6.61 Å². The summed E-state index contributed by atoms with van der Waals surface area (Å²) in [6, 6.07) is 17.5. The number of carboxylic acids is 1. The van der Waals surface area contributed by atoms with Crippen molar-refractivity contribution in [2.45, 2.75) is 57.3 Å². The molecule has 1 amide bonds. The van der Waals surface area contributed by atoms with Crippen molar-refractivity contribution in [3.63, 3.8) is 0 Å². The number of benzene rings is 3. The van der Waals surface area contributed by atoms with E-state index in [4.69, 9.17) is 11.2 Å². The maximum atomic E-state index is 13.5. The van der Waals surface area contributed by atoms with Gasteiger partial charge in [-0.2, -0.15) is 13.2 Å². The molecule has 3 aromatic carbocycles. The smallest absolute Gasteiger partial charge is 0.417 e. The zero-order chi connectivity index (χ0) is 28.0. The summed E-state index contributed by atoms with van der Waals surface area (Å²) in [6.07, 6.45) is -1.33. The van der Waals surface area contributed by atoms with Crippen molar-refractivity contribution in [1.29, 1.82) is 0 Å². The molecule has 0 aromatic heterocycles. The van der Waals surface area contributed by atoms with E-state index in [1.807, 2.05) is 18.2 Å². The largest absolute Gasteiger partial charge is 0.493 e. The van der Waals surface area contributed by atoms with Crippen molar-refractivity contribution in [1.82, 2.24) is 4.90 Å². The highest BCUT2D eigenvalue weighted by molar-refractivity contribution is 5.95. The summed E-state index contributed by atoms with van der Waals surface area (Å²) in [6.45, 7) is 0.549. The number of hydrogen-bond acceptors (Lipinski definition) is 3. The molecule has 0 heterocycles. The van der Waals surface area contributed by atoms with Crippen LogP contribution in [0.2, 0.25) is 0 Å². The highest BCUT2D eigenvalue weighted by Gasteiger charge is 2.35. The quantitative estimate of drug-likeness (QED) is 0.254. The Bertz CT molecular complexity index is 1310. The second kappa shape index (κ2) is 12.2. The van der Waals surface area contributed by atoms with E-state index in [0.717, 1.165) is 18.1 Å². The van der Waals surface area contributed by atoms with Gasteiger partial charge in [0.15, 0.2) is 0 Å². The van der Waals surface area contributed by atoms with Crippen LogP contribution in [0.3, 0.4) is 0 Å². The van der Waals surface area contributed by atoms with Gasteiger partial charge in [-0.25, -0.2) is 0 Å². The first kappa shape index (κ1) is 25.8. The van der Waals surface area contributed by atoms with Gasteiger partial charge in [-0.3, -0.25) is 9.59 Å². The van der Waals surface area contributed by atoms with E-state index in [2.05, 4.69) is 0 Å². The van der Waals surface area contributed by atoms with Gasteiger partial charge in [-0.15, -0.1) is 0 Å². The summed E-state index contributed by atoms with van der Waals surface area (Å²) in [5.74, 6) is -0.602. The Hall–Kier alpha value is -3.81. The van der Waals surface area contributed by atoms with Gasteiger partial charge in [-0.1, -0.05) is 48.5 Å². The van der Waals surface area contributed by atoms with Crippen molar-refractivity contribution < 1.29 is 34.0 Å². The summed E-state index contributed by atoms with van der Waals surface area (Å²) >= 11 is 0. The van der Waals surface area contributed by atoms with Crippen molar-refractivity contribution in [3.05, 3.63) is 89.5 Å². The number of rotatable bonds is 12. The van der Waals surface area contributed by atoms with E-state index in [-0.39, 0.29) is 24.4 Å². The van der Waals surface area contributed by atoms with Gasteiger partial charge in [0.05, 0.1) is 13.5 Å². The number of unbranched alkanes of at least 4 members (excludes halogenated alkanes) is 2. The Kier molecular flexibility index (Phi) is 8.26. The fraction of sp³-hybridized carbons (Fsp3) is 0.333. The molecule has 1 aliphatic carbocycles. The third kappa shape index (κ3) is 7.15. The lowest BCUT2D eigenvalue weighted by Gasteiger charge is -2.24. The van der Waals surface area contributed by atoms with Crippen LogP contribution >= 0.6 is 0 Å². The van der Waals surface area contributed by atoms with Crippen LogP contribution in [0.25, 0.3) is 11.1 Å². The van der Waals surface area contributed by atoms with Gasteiger partial charge in [0.1, 0.15) is 5.75 Å². The number of carboxylic acid groups (broad SMARTS) is 1. The van der Waals surface area contributed by atoms with E-state index in [9.17, 15) is 22.8 Å². The number of amides is 1. The van der Waals surface area contributed by atoms with Crippen molar-refractivity contribution >= 4 is 11.9 Å². The molecule has 0 saturated heterocycles. The van der Waals surface area contributed by atoms with E-state index < -0.39 is 23.7 Å². The van der Waals surface area contributed by atoms with Gasteiger partial charge < -0.3 is 14.7 Å². The highest BCUT2D eigenvalue weighted by Crippen LogP contribution is 2.37. The van der Waals surface area contributed by atoms with Gasteiger partial charge in [-0.05, 0) is 67.5 Å². The monoisotopic (exact) mass is 526 g/mol. The normalized spacial score (nSPS) is 14.4. The molecule has 1 aliphatic rings. The predicted octanol–water partition coefficient (Wildman–Crippen LogP) is 7.20. The fourth-order valence-corrected chi connectivity index (χ4v) is 4.27. The van der Waals surface area contributed by atoms with Crippen LogP contribution < -0.4 is 4.74 Å². The molecule has 0 bridgehead atoms. The van der Waals surface area contributed by atoms with Crippen molar-refractivity contribution in [3.8, 4) is 16.9 Å². The Balaban J connectivity index is 1.48. The number of nitrogens with zero attached hydrogens (tertiary/aromatic N) is 1. The zero-order valence-electron chi connectivity index (χ0n) is 21.8. The molecule has 1 N–H and O–H groups in total. The van der Waals surface area contributed by atoms with Gasteiger partial charge >= 0.3 is 12.1 Å². The summed E-state index contributed by atoms with van der Waals surface area (Å²) in [7, 11) is 0. The van der Waals surface area contributed by atoms with Crippen LogP contribution in [0, 0.1) is 0 Å². The summed E-state index contributed by atoms with van der Waals surface area (Å²) in [4.78, 5) is 25.7. The minimum atomic E-state index is -4.50. The minimum Gasteiger partial charge on any atom is -0.493 e. The van der Waals surface area contributed by atoms with Gasteiger partial charge in [0.25, 0.3) is 5.91 Å². The average molecular weight is 527 g/mol.